The van der Waals surface area contributed by atoms with Crippen LogP contribution in [0.1, 0.15) is 55.2 Å². The van der Waals surface area contributed by atoms with E-state index in [0.29, 0.717) is 16.9 Å². The molecule has 0 amide bonds. The topological polar surface area (TPSA) is 94.5 Å². The summed E-state index contributed by atoms with van der Waals surface area (Å²) in [5.74, 6) is 0.215. The van der Waals surface area contributed by atoms with Gasteiger partial charge in [-0.25, -0.2) is 14.9 Å². The molecule has 10 heteroatoms. The molecule has 0 saturated heterocycles. The molecule has 0 aliphatic rings. The molecular formula is C31H38FN5O3Si. The first-order valence-corrected chi connectivity index (χ1v) is 16.4. The van der Waals surface area contributed by atoms with Gasteiger partial charge in [0, 0.05) is 18.0 Å². The zero-order chi connectivity index (χ0) is 29.9. The largest absolute Gasteiger partial charge is 0.495 e. The number of hydrogen-bond acceptors (Lipinski definition) is 6. The number of imidazole rings is 1. The second kappa shape index (κ2) is 11.9. The van der Waals surface area contributed by atoms with Gasteiger partial charge in [0.1, 0.15) is 17.6 Å². The lowest BCUT2D eigenvalue weighted by atomic mass is 9.99. The molecular weight excluding hydrogens is 537 g/mol. The van der Waals surface area contributed by atoms with Gasteiger partial charge >= 0.3 is 0 Å². The van der Waals surface area contributed by atoms with Crippen molar-refractivity contribution in [2.75, 3.05) is 13.7 Å². The summed E-state index contributed by atoms with van der Waals surface area (Å²) in [6.07, 6.45) is 5.30. The molecule has 2 heterocycles. The molecule has 4 aromatic rings. The van der Waals surface area contributed by atoms with Crippen molar-refractivity contribution >= 4 is 8.32 Å². The average molecular weight is 576 g/mol. The fourth-order valence-corrected chi connectivity index (χ4v) is 5.47. The van der Waals surface area contributed by atoms with Gasteiger partial charge in [-0.2, -0.15) is 5.11 Å². The van der Waals surface area contributed by atoms with Crippen LogP contribution in [0.4, 0.5) is 4.39 Å². The third kappa shape index (κ3) is 6.38. The van der Waals surface area contributed by atoms with Gasteiger partial charge in [0.2, 0.25) is 0 Å². The monoisotopic (exact) mass is 575 g/mol. The third-order valence-corrected chi connectivity index (χ3v) is 12.4. The Hall–Kier alpha value is -3.89. The van der Waals surface area contributed by atoms with Crippen molar-refractivity contribution in [1.82, 2.24) is 14.1 Å². The number of aryl methyl sites for hydroxylation is 1. The molecule has 1 N–H and O–H groups in total. The molecule has 0 fully saturated rings. The van der Waals surface area contributed by atoms with E-state index in [1.165, 1.54) is 12.1 Å². The maximum atomic E-state index is 14.0. The van der Waals surface area contributed by atoms with Crippen LogP contribution in [0.3, 0.4) is 0 Å². The van der Waals surface area contributed by atoms with E-state index in [0.717, 1.165) is 16.9 Å². The van der Waals surface area contributed by atoms with Crippen LogP contribution in [0, 0.1) is 18.3 Å². The van der Waals surface area contributed by atoms with E-state index in [2.05, 4.69) is 44.0 Å². The number of rotatable bonds is 10. The van der Waals surface area contributed by atoms with E-state index in [1.807, 2.05) is 29.8 Å². The lowest BCUT2D eigenvalue weighted by Gasteiger charge is -2.37. The Morgan fingerprint density at radius 2 is 1.78 bits per heavy atom. The summed E-state index contributed by atoms with van der Waals surface area (Å²) in [5.41, 5.74) is 11.1. The predicted octanol–water partition coefficient (Wildman–Crippen LogP) is 7.22. The smallest absolute Gasteiger partial charge is 0.256 e. The van der Waals surface area contributed by atoms with Gasteiger partial charge < -0.3 is 18.3 Å². The van der Waals surface area contributed by atoms with Crippen molar-refractivity contribution in [3.8, 4) is 11.4 Å². The minimum absolute atomic E-state index is 0.0248. The number of pyridine rings is 1. The number of aromatic nitrogens is 3. The van der Waals surface area contributed by atoms with E-state index >= 15 is 0 Å². The van der Waals surface area contributed by atoms with E-state index in [9.17, 15) is 9.18 Å². The first-order valence-electron chi connectivity index (χ1n) is 13.5. The van der Waals surface area contributed by atoms with Gasteiger partial charge in [-0.05, 0) is 72.6 Å². The number of halogens is 1. The summed E-state index contributed by atoms with van der Waals surface area (Å²) in [4.78, 5) is 18.3. The van der Waals surface area contributed by atoms with Gasteiger partial charge in [0.15, 0.2) is 8.32 Å². The van der Waals surface area contributed by atoms with Crippen LogP contribution >= 0.6 is 0 Å². The number of methoxy groups -OCH3 is 1. The summed E-state index contributed by atoms with van der Waals surface area (Å²) in [6.45, 7) is 13.0. The Bertz CT molecular complexity index is 1570. The highest BCUT2D eigenvalue weighted by Gasteiger charge is 2.38. The molecule has 0 aliphatic carbocycles. The Balaban J connectivity index is 1.76. The van der Waals surface area contributed by atoms with Gasteiger partial charge in [0.25, 0.3) is 5.56 Å². The van der Waals surface area contributed by atoms with Crippen LogP contribution in [0.15, 0.2) is 83.2 Å². The molecule has 2 aromatic carbocycles. The van der Waals surface area contributed by atoms with Gasteiger partial charge in [0.05, 0.1) is 37.5 Å². The van der Waals surface area contributed by atoms with E-state index in [1.54, 1.807) is 54.5 Å². The summed E-state index contributed by atoms with van der Waals surface area (Å²) >= 11 is 0. The van der Waals surface area contributed by atoms with Crippen LogP contribution in [-0.2, 0) is 4.43 Å². The Kier molecular flexibility index (Phi) is 8.74. The van der Waals surface area contributed by atoms with Crippen molar-refractivity contribution in [3.05, 3.63) is 112 Å². The highest BCUT2D eigenvalue weighted by atomic mass is 28.4. The predicted molar refractivity (Wildman–Crippen MR) is 160 cm³/mol. The summed E-state index contributed by atoms with van der Waals surface area (Å²) in [7, 11) is -0.584. The van der Waals surface area contributed by atoms with E-state index in [4.69, 9.17) is 14.7 Å². The molecule has 41 heavy (non-hydrogen) atoms. The fraction of sp³-hybridized carbons (Fsp3) is 0.355. The van der Waals surface area contributed by atoms with Crippen molar-refractivity contribution < 1.29 is 13.6 Å². The van der Waals surface area contributed by atoms with Crippen molar-refractivity contribution in [3.63, 3.8) is 0 Å². The zero-order valence-corrected chi connectivity index (χ0v) is 25.7. The SMILES string of the molecule is COc1cc(C(N=N)c2cccn(C(CO[Si](C)(C)C(C)(C)C)c3ccc(F)cc3)c2=O)ccc1-n1cnc(C)c1. The number of nitrogens with zero attached hydrogens (tertiary/aromatic N) is 4. The van der Waals surface area contributed by atoms with Crippen LogP contribution in [0.2, 0.25) is 18.1 Å². The van der Waals surface area contributed by atoms with Gasteiger partial charge in [-0.15, -0.1) is 0 Å². The Labute approximate surface area is 241 Å². The Morgan fingerprint density at radius 3 is 2.37 bits per heavy atom. The second-order valence-electron chi connectivity index (χ2n) is 11.7. The molecule has 216 valence electrons. The molecule has 0 radical (unpaired) electrons. The quantitative estimate of drug-likeness (QED) is 0.160. The lowest BCUT2D eigenvalue weighted by Crippen LogP contribution is -2.43. The second-order valence-corrected chi connectivity index (χ2v) is 16.5. The highest BCUT2D eigenvalue weighted by molar-refractivity contribution is 6.74. The fourth-order valence-electron chi connectivity index (χ4n) is 4.46. The Morgan fingerprint density at radius 1 is 1.10 bits per heavy atom. The molecule has 8 nitrogen and oxygen atoms in total. The number of hydrogen-bond donors (Lipinski definition) is 1. The minimum Gasteiger partial charge on any atom is -0.495 e. The van der Waals surface area contributed by atoms with Crippen LogP contribution in [-0.4, -0.2) is 36.2 Å². The number of benzene rings is 2. The molecule has 2 unspecified atom stereocenters. The summed E-state index contributed by atoms with van der Waals surface area (Å²) in [6, 6.07) is 13.8. The standard InChI is InChI=1S/C31H38FN5O3Si/c1-21-18-36(20-34-21)26-15-12-23(17-28(26)39-5)29(35-33)25-9-8-16-37(30(25)38)27(22-10-13-24(32)14-11-22)19-40-41(6,7)31(2,3)4/h8-18,20,27,29,33H,19H2,1-7H3. The van der Waals surface area contributed by atoms with E-state index in [-0.39, 0.29) is 23.0 Å². The van der Waals surface area contributed by atoms with Gasteiger partial charge in [-0.1, -0.05) is 39.0 Å². The normalized spacial score (nSPS) is 13.6. The molecule has 2 aromatic heterocycles. The molecule has 4 rings (SSSR count). The number of ether oxygens (including phenoxy) is 1. The molecule has 0 saturated carbocycles. The van der Waals surface area contributed by atoms with Crippen molar-refractivity contribution in [2.24, 2.45) is 5.11 Å². The molecule has 0 spiro atoms. The summed E-state index contributed by atoms with van der Waals surface area (Å²) in [5, 5.41) is 3.84. The first-order chi connectivity index (χ1) is 19.4. The minimum atomic E-state index is -2.16. The molecule has 0 aliphatic heterocycles. The molecule has 0 bridgehead atoms. The first kappa shape index (κ1) is 30.1. The number of nitrogens with one attached hydrogen (secondary N) is 1. The van der Waals surface area contributed by atoms with Crippen molar-refractivity contribution in [2.45, 2.75) is 57.9 Å². The maximum absolute atomic E-state index is 14.0. The zero-order valence-electron chi connectivity index (χ0n) is 24.7. The summed E-state index contributed by atoms with van der Waals surface area (Å²) < 4.78 is 29.5. The van der Waals surface area contributed by atoms with E-state index < -0.39 is 20.4 Å². The molecule has 2 atom stereocenters. The van der Waals surface area contributed by atoms with Crippen molar-refractivity contribution in [1.29, 1.82) is 5.53 Å². The third-order valence-electron chi connectivity index (χ3n) is 7.94. The average Bonchev–Trinajstić information content (AvgIpc) is 3.36. The van der Waals surface area contributed by atoms with Crippen LogP contribution in [0.25, 0.3) is 5.69 Å². The highest BCUT2D eigenvalue weighted by Crippen LogP contribution is 2.37. The maximum Gasteiger partial charge on any atom is 0.256 e. The lowest BCUT2D eigenvalue weighted by molar-refractivity contribution is 0.245. The van der Waals surface area contributed by atoms with Gasteiger partial charge in [-0.3, -0.25) is 4.79 Å². The van der Waals surface area contributed by atoms with Crippen LogP contribution in [0.5, 0.6) is 5.75 Å². The van der Waals surface area contributed by atoms with Crippen LogP contribution < -0.4 is 10.3 Å².